The molecule has 1 aliphatic carbocycles. The zero-order valence-corrected chi connectivity index (χ0v) is 13.9. The molecule has 3 N–H and O–H groups in total. The van der Waals surface area contributed by atoms with Crippen LogP contribution in [0.2, 0.25) is 0 Å². The van der Waals surface area contributed by atoms with Crippen LogP contribution >= 0.6 is 0 Å². The first-order chi connectivity index (χ1) is 12.6. The first kappa shape index (κ1) is 16.1. The Labute approximate surface area is 150 Å². The molecule has 1 heterocycles. The van der Waals surface area contributed by atoms with E-state index in [0.29, 0.717) is 5.56 Å². The van der Waals surface area contributed by atoms with Crippen molar-refractivity contribution in [2.24, 2.45) is 0 Å². The highest BCUT2D eigenvalue weighted by Gasteiger charge is 2.26. The summed E-state index contributed by atoms with van der Waals surface area (Å²) >= 11 is 0. The highest BCUT2D eigenvalue weighted by Crippen LogP contribution is 2.29. The molecule has 0 fully saturated rings. The number of aromatic nitrogens is 2. The van der Waals surface area contributed by atoms with Crippen molar-refractivity contribution < 1.29 is 15.0 Å². The normalized spacial score (nSPS) is 13.4. The van der Waals surface area contributed by atoms with E-state index in [0.717, 1.165) is 12.8 Å². The molecule has 3 aromatic rings. The molecule has 26 heavy (non-hydrogen) atoms. The summed E-state index contributed by atoms with van der Waals surface area (Å²) in [5.41, 5.74) is 2.83. The van der Waals surface area contributed by atoms with Crippen LogP contribution in [0.1, 0.15) is 21.6 Å². The number of nitrogens with zero attached hydrogens (tertiary/aromatic N) is 2. The highest BCUT2D eigenvalue weighted by molar-refractivity contribution is 5.96. The number of aromatic hydroxyl groups is 2. The van der Waals surface area contributed by atoms with Gasteiger partial charge in [0.15, 0.2) is 11.5 Å². The Hall–Kier alpha value is -3.41. The number of nitrogens with one attached hydrogen (secondary N) is 1. The number of amides is 1. The van der Waals surface area contributed by atoms with Gasteiger partial charge in [0.25, 0.3) is 11.8 Å². The van der Waals surface area contributed by atoms with Gasteiger partial charge in [-0.05, 0) is 24.0 Å². The summed E-state index contributed by atoms with van der Waals surface area (Å²) in [5.74, 6) is -1.58. The van der Waals surface area contributed by atoms with Crippen molar-refractivity contribution in [2.75, 3.05) is 0 Å². The Balaban J connectivity index is 1.59. The summed E-state index contributed by atoms with van der Waals surface area (Å²) in [6, 6.07) is 16.9. The Morgan fingerprint density at radius 2 is 1.54 bits per heavy atom. The molecule has 0 saturated heterocycles. The van der Waals surface area contributed by atoms with Crippen LogP contribution in [0.5, 0.6) is 11.6 Å². The molecule has 1 aromatic heterocycles. The monoisotopic (exact) mass is 347 g/mol. The molecule has 0 unspecified atom stereocenters. The highest BCUT2D eigenvalue weighted by atomic mass is 16.3. The lowest BCUT2D eigenvalue weighted by atomic mass is 10.1. The fourth-order valence-electron chi connectivity index (χ4n) is 3.23. The van der Waals surface area contributed by atoms with Crippen LogP contribution in [-0.4, -0.2) is 32.1 Å². The molecule has 6 nitrogen and oxygen atoms in total. The minimum atomic E-state index is -0.613. The minimum absolute atomic E-state index is 0.0726. The molecule has 0 atom stereocenters. The smallest absolute Gasteiger partial charge is 0.274 e. The van der Waals surface area contributed by atoms with Crippen LogP contribution in [0.4, 0.5) is 0 Å². The van der Waals surface area contributed by atoms with Crippen LogP contribution in [-0.2, 0) is 12.8 Å². The number of carbonyl (C=O) groups excluding carboxylic acids is 1. The number of rotatable bonds is 3. The first-order valence-corrected chi connectivity index (χ1v) is 8.35. The predicted octanol–water partition coefficient (Wildman–Crippen LogP) is 2.45. The van der Waals surface area contributed by atoms with E-state index >= 15 is 0 Å². The Bertz CT molecular complexity index is 948. The molecule has 0 saturated carbocycles. The summed E-state index contributed by atoms with van der Waals surface area (Å²) in [7, 11) is 0. The zero-order chi connectivity index (χ0) is 18.1. The van der Waals surface area contributed by atoms with Crippen LogP contribution in [0.3, 0.4) is 0 Å². The Morgan fingerprint density at radius 1 is 0.923 bits per heavy atom. The van der Waals surface area contributed by atoms with Crippen LogP contribution < -0.4 is 5.32 Å². The van der Waals surface area contributed by atoms with Crippen molar-refractivity contribution in [1.29, 1.82) is 0 Å². The second-order valence-corrected chi connectivity index (χ2v) is 6.28. The molecule has 1 amide bonds. The number of fused-ring (bicyclic) bond motifs is 1. The lowest BCUT2D eigenvalue weighted by Crippen LogP contribution is -2.36. The standard InChI is InChI=1S/C20H17N3O3/c24-17-16(22-18(23-20(17)26)12-6-2-1-3-7-12)19(25)21-15-10-13-8-4-5-9-14(13)11-15/h1-9,15,24H,10-11H2,(H,21,25)(H,22,23,26). The fraction of sp³-hybridized carbons (Fsp3) is 0.150. The van der Waals surface area contributed by atoms with Gasteiger partial charge in [-0.15, -0.1) is 0 Å². The summed E-state index contributed by atoms with van der Waals surface area (Å²) in [6.07, 6.45) is 1.45. The van der Waals surface area contributed by atoms with E-state index in [4.69, 9.17) is 0 Å². The van der Waals surface area contributed by atoms with E-state index in [-0.39, 0.29) is 17.6 Å². The molecule has 6 heteroatoms. The summed E-state index contributed by atoms with van der Waals surface area (Å²) in [5, 5.41) is 22.9. The largest absolute Gasteiger partial charge is 0.501 e. The second-order valence-electron chi connectivity index (χ2n) is 6.28. The van der Waals surface area contributed by atoms with Gasteiger partial charge in [0.05, 0.1) is 0 Å². The molecular weight excluding hydrogens is 330 g/mol. The van der Waals surface area contributed by atoms with E-state index < -0.39 is 17.5 Å². The molecule has 130 valence electrons. The summed E-state index contributed by atoms with van der Waals surface area (Å²) < 4.78 is 0. The minimum Gasteiger partial charge on any atom is -0.501 e. The molecule has 0 radical (unpaired) electrons. The van der Waals surface area contributed by atoms with E-state index in [1.165, 1.54) is 11.1 Å². The number of hydrogen-bond donors (Lipinski definition) is 3. The van der Waals surface area contributed by atoms with E-state index in [1.807, 2.05) is 30.3 Å². The van der Waals surface area contributed by atoms with Crippen LogP contribution in [0.25, 0.3) is 11.4 Å². The summed E-state index contributed by atoms with van der Waals surface area (Å²) in [6.45, 7) is 0. The third-order valence-corrected chi connectivity index (χ3v) is 4.50. The molecule has 1 aliphatic rings. The third kappa shape index (κ3) is 2.97. The predicted molar refractivity (Wildman–Crippen MR) is 95.9 cm³/mol. The van der Waals surface area contributed by atoms with Gasteiger partial charge in [0.2, 0.25) is 5.75 Å². The van der Waals surface area contributed by atoms with Gasteiger partial charge in [0.1, 0.15) is 0 Å². The van der Waals surface area contributed by atoms with E-state index in [2.05, 4.69) is 15.3 Å². The van der Waals surface area contributed by atoms with Crippen molar-refractivity contribution in [3.63, 3.8) is 0 Å². The lowest BCUT2D eigenvalue weighted by Gasteiger charge is -2.13. The topological polar surface area (TPSA) is 95.3 Å². The molecule has 0 bridgehead atoms. The van der Waals surface area contributed by atoms with Crippen LogP contribution in [0.15, 0.2) is 54.6 Å². The van der Waals surface area contributed by atoms with Gasteiger partial charge in [-0.25, -0.2) is 4.98 Å². The van der Waals surface area contributed by atoms with Gasteiger partial charge >= 0.3 is 0 Å². The average Bonchev–Trinajstić information content (AvgIpc) is 3.06. The first-order valence-electron chi connectivity index (χ1n) is 8.35. The van der Waals surface area contributed by atoms with Gasteiger partial charge < -0.3 is 15.5 Å². The molecule has 4 rings (SSSR count). The second kappa shape index (κ2) is 6.48. The van der Waals surface area contributed by atoms with Gasteiger partial charge in [0, 0.05) is 11.6 Å². The maximum Gasteiger partial charge on any atom is 0.274 e. The Morgan fingerprint density at radius 3 is 2.19 bits per heavy atom. The Kier molecular flexibility index (Phi) is 4.01. The molecule has 0 aliphatic heterocycles. The van der Waals surface area contributed by atoms with Crippen molar-refractivity contribution in [2.45, 2.75) is 18.9 Å². The van der Waals surface area contributed by atoms with Crippen LogP contribution in [0, 0.1) is 0 Å². The maximum atomic E-state index is 12.6. The van der Waals surface area contributed by atoms with E-state index in [9.17, 15) is 15.0 Å². The maximum absolute atomic E-state index is 12.6. The SMILES string of the molecule is O=C(NC1Cc2ccccc2C1)c1nc(-c2ccccc2)nc(O)c1O. The van der Waals surface area contributed by atoms with E-state index in [1.54, 1.807) is 24.3 Å². The average molecular weight is 347 g/mol. The summed E-state index contributed by atoms with van der Waals surface area (Å²) in [4.78, 5) is 20.7. The van der Waals surface area contributed by atoms with Crippen molar-refractivity contribution >= 4 is 5.91 Å². The van der Waals surface area contributed by atoms with Crippen molar-refractivity contribution in [3.05, 3.63) is 71.4 Å². The number of benzene rings is 2. The van der Waals surface area contributed by atoms with Crippen molar-refractivity contribution in [1.82, 2.24) is 15.3 Å². The third-order valence-electron chi connectivity index (χ3n) is 4.50. The quantitative estimate of drug-likeness (QED) is 0.676. The lowest BCUT2D eigenvalue weighted by molar-refractivity contribution is 0.0929. The van der Waals surface area contributed by atoms with Crippen molar-refractivity contribution in [3.8, 4) is 23.0 Å². The fourth-order valence-corrected chi connectivity index (χ4v) is 3.23. The van der Waals surface area contributed by atoms with Gasteiger partial charge in [-0.3, -0.25) is 4.79 Å². The number of carbonyl (C=O) groups is 1. The molecular formula is C20H17N3O3. The molecule has 2 aromatic carbocycles. The zero-order valence-electron chi connectivity index (χ0n) is 13.9. The number of hydrogen-bond acceptors (Lipinski definition) is 5. The van der Waals surface area contributed by atoms with Gasteiger partial charge in [-0.2, -0.15) is 4.98 Å². The molecule has 0 spiro atoms. The van der Waals surface area contributed by atoms with Gasteiger partial charge in [-0.1, -0.05) is 54.6 Å².